The summed E-state index contributed by atoms with van der Waals surface area (Å²) in [6, 6.07) is 0.165. The second-order valence-electron chi connectivity index (χ2n) is 8.61. The zero-order chi connectivity index (χ0) is 19.7. The Labute approximate surface area is 171 Å². The van der Waals surface area contributed by atoms with E-state index in [9.17, 15) is 9.59 Å². The van der Waals surface area contributed by atoms with Crippen molar-refractivity contribution in [1.82, 2.24) is 20.0 Å². The maximum absolute atomic E-state index is 12.9. The molecule has 1 atom stereocenters. The van der Waals surface area contributed by atoms with Crippen molar-refractivity contribution in [2.75, 3.05) is 37.6 Å². The van der Waals surface area contributed by atoms with E-state index in [0.29, 0.717) is 32.0 Å². The van der Waals surface area contributed by atoms with Gasteiger partial charge in [-0.1, -0.05) is 30.6 Å². The number of amides is 2. The Kier molecular flexibility index (Phi) is 5.85. The number of aromatic nitrogens is 2. The molecule has 4 rings (SSSR count). The van der Waals surface area contributed by atoms with Crippen LogP contribution in [0.5, 0.6) is 0 Å². The highest BCUT2D eigenvalue weighted by Gasteiger charge is 2.38. The smallest absolute Gasteiger partial charge is 0.228 e. The van der Waals surface area contributed by atoms with Crippen LogP contribution in [0.4, 0.5) is 5.13 Å². The minimum atomic E-state index is -0.180. The topological polar surface area (TPSA) is 69.6 Å². The number of carbonyl (C=O) groups excluding carboxylic acids is 2. The van der Waals surface area contributed by atoms with Crippen LogP contribution < -0.4 is 4.90 Å². The first-order chi connectivity index (χ1) is 13.5. The molecule has 0 radical (unpaired) electrons. The third kappa shape index (κ3) is 4.02. The van der Waals surface area contributed by atoms with E-state index in [1.165, 1.54) is 37.1 Å². The van der Waals surface area contributed by atoms with Gasteiger partial charge in [0.15, 0.2) is 0 Å². The van der Waals surface area contributed by atoms with E-state index in [-0.39, 0.29) is 23.8 Å². The summed E-state index contributed by atoms with van der Waals surface area (Å²) >= 11 is 1.73. The lowest BCUT2D eigenvalue weighted by Gasteiger charge is -2.35. The Balaban J connectivity index is 1.30. The highest BCUT2D eigenvalue weighted by atomic mass is 32.1. The monoisotopic (exact) mass is 405 g/mol. The molecular weight excluding hydrogens is 374 g/mol. The summed E-state index contributed by atoms with van der Waals surface area (Å²) in [4.78, 5) is 31.0. The second kappa shape index (κ2) is 8.35. The van der Waals surface area contributed by atoms with Gasteiger partial charge in [0.05, 0.1) is 5.92 Å². The number of anilines is 1. The Morgan fingerprint density at radius 3 is 2.43 bits per heavy atom. The first-order valence-electron chi connectivity index (χ1n) is 10.7. The lowest BCUT2D eigenvalue weighted by molar-refractivity contribution is -0.136. The van der Waals surface area contributed by atoms with E-state index in [1.807, 2.05) is 23.6 Å². The van der Waals surface area contributed by atoms with Crippen molar-refractivity contribution in [3.05, 3.63) is 5.01 Å². The lowest BCUT2D eigenvalue weighted by Crippen LogP contribution is -2.50. The predicted octanol–water partition coefficient (Wildman–Crippen LogP) is 2.49. The van der Waals surface area contributed by atoms with E-state index in [0.717, 1.165) is 18.2 Å². The van der Waals surface area contributed by atoms with Gasteiger partial charge in [-0.25, -0.2) is 0 Å². The number of rotatable bonds is 4. The molecule has 28 heavy (non-hydrogen) atoms. The summed E-state index contributed by atoms with van der Waals surface area (Å²) in [7, 11) is 0. The van der Waals surface area contributed by atoms with E-state index >= 15 is 0 Å². The van der Waals surface area contributed by atoms with Gasteiger partial charge >= 0.3 is 0 Å². The molecule has 8 heteroatoms. The molecule has 1 unspecified atom stereocenters. The zero-order valence-electron chi connectivity index (χ0n) is 17.0. The average Bonchev–Trinajstić information content (AvgIpc) is 3.35. The molecule has 0 bridgehead atoms. The molecule has 1 aromatic heterocycles. The molecule has 2 aliphatic heterocycles. The molecule has 1 saturated carbocycles. The molecule has 0 spiro atoms. The molecule has 2 saturated heterocycles. The number of hydrogen-bond donors (Lipinski definition) is 0. The van der Waals surface area contributed by atoms with Gasteiger partial charge in [0, 0.05) is 51.1 Å². The molecular formula is C20H31N5O2S. The molecule has 7 nitrogen and oxygen atoms in total. The second-order valence-corrected chi connectivity index (χ2v) is 9.60. The largest absolute Gasteiger partial charge is 0.343 e. The fraction of sp³-hybridized carbons (Fsp3) is 0.800. The normalized spacial score (nSPS) is 24.5. The molecule has 2 amide bonds. The van der Waals surface area contributed by atoms with Crippen LogP contribution in [0.1, 0.15) is 63.3 Å². The van der Waals surface area contributed by atoms with Crippen LogP contribution in [0.25, 0.3) is 0 Å². The highest BCUT2D eigenvalue weighted by molar-refractivity contribution is 7.15. The first-order valence-corrected chi connectivity index (χ1v) is 11.5. The number of nitrogens with zero attached hydrogens (tertiary/aromatic N) is 5. The van der Waals surface area contributed by atoms with E-state index in [4.69, 9.17) is 0 Å². The Hall–Kier alpha value is -1.70. The van der Waals surface area contributed by atoms with Crippen molar-refractivity contribution in [1.29, 1.82) is 0 Å². The Morgan fingerprint density at radius 1 is 1.07 bits per heavy atom. The van der Waals surface area contributed by atoms with Crippen molar-refractivity contribution in [2.24, 2.45) is 5.92 Å². The summed E-state index contributed by atoms with van der Waals surface area (Å²) < 4.78 is 0. The van der Waals surface area contributed by atoms with E-state index in [2.05, 4.69) is 15.1 Å². The van der Waals surface area contributed by atoms with Crippen LogP contribution in [0.3, 0.4) is 0 Å². The Morgan fingerprint density at radius 2 is 1.79 bits per heavy atom. The minimum absolute atomic E-state index is 0.107. The third-order valence-corrected chi connectivity index (χ3v) is 7.52. The molecule has 0 N–H and O–H groups in total. The van der Waals surface area contributed by atoms with Crippen LogP contribution in [0.2, 0.25) is 0 Å². The van der Waals surface area contributed by atoms with Crippen molar-refractivity contribution >= 4 is 28.3 Å². The molecule has 3 fully saturated rings. The van der Waals surface area contributed by atoms with Gasteiger partial charge in [-0.2, -0.15) is 0 Å². The minimum Gasteiger partial charge on any atom is -0.343 e. The fourth-order valence-corrected chi connectivity index (χ4v) is 5.71. The van der Waals surface area contributed by atoms with Crippen LogP contribution in [-0.4, -0.2) is 70.6 Å². The SMILES string of the molecule is CC(C)N1CC(C(=O)N2CCN(c3nnc(C4CCCCC4)s3)CC2)CC1=O. The molecule has 1 aliphatic carbocycles. The van der Waals surface area contributed by atoms with Gasteiger partial charge in [-0.05, 0) is 26.7 Å². The highest BCUT2D eigenvalue weighted by Crippen LogP contribution is 2.36. The van der Waals surface area contributed by atoms with Crippen molar-refractivity contribution < 1.29 is 9.59 Å². The van der Waals surface area contributed by atoms with Crippen molar-refractivity contribution in [3.8, 4) is 0 Å². The fourth-order valence-electron chi connectivity index (χ4n) is 4.64. The van der Waals surface area contributed by atoms with Crippen LogP contribution in [-0.2, 0) is 9.59 Å². The van der Waals surface area contributed by atoms with Crippen LogP contribution in [0, 0.1) is 5.92 Å². The van der Waals surface area contributed by atoms with Gasteiger partial charge < -0.3 is 14.7 Å². The third-order valence-electron chi connectivity index (χ3n) is 6.38. The summed E-state index contributed by atoms with van der Waals surface area (Å²) in [6.07, 6.45) is 6.80. The van der Waals surface area contributed by atoms with Crippen molar-refractivity contribution in [3.63, 3.8) is 0 Å². The molecule has 3 heterocycles. The standard InChI is InChI=1S/C20H31N5O2S/c1-14(2)25-13-16(12-17(25)26)19(27)23-8-10-24(11-9-23)20-22-21-18(28-20)15-6-4-3-5-7-15/h14-16H,3-13H2,1-2H3. The predicted molar refractivity (Wildman–Crippen MR) is 109 cm³/mol. The number of piperazine rings is 1. The summed E-state index contributed by atoms with van der Waals surface area (Å²) in [5, 5.41) is 11.1. The summed E-state index contributed by atoms with van der Waals surface area (Å²) in [5.74, 6) is 0.653. The van der Waals surface area contributed by atoms with Gasteiger partial charge in [0.2, 0.25) is 16.9 Å². The molecule has 3 aliphatic rings. The molecule has 1 aromatic rings. The zero-order valence-corrected chi connectivity index (χ0v) is 17.8. The molecule has 0 aromatic carbocycles. The van der Waals surface area contributed by atoms with Gasteiger partial charge in [0.1, 0.15) is 5.01 Å². The average molecular weight is 406 g/mol. The lowest BCUT2D eigenvalue weighted by atomic mass is 9.90. The van der Waals surface area contributed by atoms with Crippen LogP contribution in [0.15, 0.2) is 0 Å². The summed E-state index contributed by atoms with van der Waals surface area (Å²) in [6.45, 7) is 7.56. The number of hydrogen-bond acceptors (Lipinski definition) is 6. The van der Waals surface area contributed by atoms with Gasteiger partial charge in [-0.15, -0.1) is 10.2 Å². The quantitative estimate of drug-likeness (QED) is 0.770. The van der Waals surface area contributed by atoms with E-state index in [1.54, 1.807) is 11.3 Å². The van der Waals surface area contributed by atoms with Crippen molar-refractivity contribution in [2.45, 2.75) is 64.3 Å². The maximum Gasteiger partial charge on any atom is 0.228 e. The summed E-state index contributed by atoms with van der Waals surface area (Å²) in [5.41, 5.74) is 0. The maximum atomic E-state index is 12.9. The first kappa shape index (κ1) is 19.6. The van der Waals surface area contributed by atoms with Crippen LogP contribution >= 0.6 is 11.3 Å². The van der Waals surface area contributed by atoms with Gasteiger partial charge in [-0.3, -0.25) is 9.59 Å². The van der Waals surface area contributed by atoms with Gasteiger partial charge in [0.25, 0.3) is 0 Å². The Bertz CT molecular complexity index is 707. The van der Waals surface area contributed by atoms with E-state index < -0.39 is 0 Å². The number of likely N-dealkylation sites (tertiary alicyclic amines) is 1. The number of carbonyl (C=O) groups is 2. The molecule has 154 valence electrons.